The number of nitrogens with zero attached hydrogens (tertiary/aromatic N) is 2. The van der Waals surface area contributed by atoms with Crippen LogP contribution in [0.25, 0.3) is 10.9 Å². The van der Waals surface area contributed by atoms with Gasteiger partial charge in [-0.1, -0.05) is 0 Å². The fourth-order valence-electron chi connectivity index (χ4n) is 5.46. The Hall–Kier alpha value is -3.52. The largest absolute Gasteiger partial charge is 0.493 e. The molecule has 36 heavy (non-hydrogen) atoms. The zero-order valence-electron chi connectivity index (χ0n) is 21.4. The zero-order valence-corrected chi connectivity index (χ0v) is 21.4. The number of nitrogens with one attached hydrogen (secondary N) is 3. The number of aromatic amines is 1. The molecule has 190 valence electrons. The Morgan fingerprint density at radius 3 is 2.67 bits per heavy atom. The van der Waals surface area contributed by atoms with E-state index in [9.17, 15) is 9.59 Å². The second-order valence-corrected chi connectivity index (χ2v) is 9.63. The highest BCUT2D eigenvalue weighted by molar-refractivity contribution is 5.98. The molecule has 0 spiro atoms. The number of rotatable bonds is 6. The lowest BCUT2D eigenvalue weighted by atomic mass is 9.99. The summed E-state index contributed by atoms with van der Waals surface area (Å²) in [4.78, 5) is 32.6. The fraction of sp³-hybridized carbons (Fsp3) is 0.429. The van der Waals surface area contributed by atoms with Crippen molar-refractivity contribution < 1.29 is 9.53 Å². The smallest absolute Gasteiger partial charge is 0.253 e. The van der Waals surface area contributed by atoms with Crippen molar-refractivity contribution in [3.05, 3.63) is 62.9 Å². The van der Waals surface area contributed by atoms with Crippen LogP contribution in [0.1, 0.15) is 40.4 Å². The Morgan fingerprint density at radius 2 is 1.94 bits per heavy atom. The average Bonchev–Trinajstić information content (AvgIpc) is 2.89. The third-order valence-electron chi connectivity index (χ3n) is 7.25. The number of anilines is 2. The van der Waals surface area contributed by atoms with Crippen molar-refractivity contribution in [3.63, 3.8) is 0 Å². The first-order valence-electron chi connectivity index (χ1n) is 12.9. The minimum Gasteiger partial charge on any atom is -0.493 e. The first kappa shape index (κ1) is 24.2. The number of aryl methyl sites for hydroxylation is 1. The topological polar surface area (TPSA) is 89.7 Å². The van der Waals surface area contributed by atoms with Crippen molar-refractivity contribution in [2.75, 3.05) is 56.6 Å². The van der Waals surface area contributed by atoms with Crippen LogP contribution in [0.3, 0.4) is 0 Å². The minimum atomic E-state index is -0.0612. The Morgan fingerprint density at radius 1 is 1.14 bits per heavy atom. The van der Waals surface area contributed by atoms with E-state index >= 15 is 0 Å². The van der Waals surface area contributed by atoms with Crippen molar-refractivity contribution in [1.82, 2.24) is 15.2 Å². The van der Waals surface area contributed by atoms with Crippen LogP contribution in [-0.4, -0.2) is 62.2 Å². The number of benzene rings is 2. The Kier molecular flexibility index (Phi) is 6.87. The molecule has 3 N–H and O–H groups in total. The molecule has 3 aromatic rings. The first-order valence-corrected chi connectivity index (χ1v) is 12.9. The van der Waals surface area contributed by atoms with Gasteiger partial charge in [-0.2, -0.15) is 0 Å². The molecule has 0 unspecified atom stereocenters. The van der Waals surface area contributed by atoms with Crippen LogP contribution < -0.4 is 25.8 Å². The van der Waals surface area contributed by atoms with Crippen LogP contribution in [0.4, 0.5) is 11.4 Å². The van der Waals surface area contributed by atoms with Crippen LogP contribution >= 0.6 is 0 Å². The van der Waals surface area contributed by atoms with Gasteiger partial charge in [0, 0.05) is 63.1 Å². The number of carbonyl (C=O) groups is 1. The molecule has 1 fully saturated rings. The summed E-state index contributed by atoms with van der Waals surface area (Å²) < 4.78 is 6.06. The van der Waals surface area contributed by atoms with Crippen LogP contribution in [-0.2, 0) is 13.0 Å². The van der Waals surface area contributed by atoms with Gasteiger partial charge in [-0.3, -0.25) is 14.5 Å². The second kappa shape index (κ2) is 10.2. The quantitative estimate of drug-likeness (QED) is 0.493. The lowest BCUT2D eigenvalue weighted by Gasteiger charge is -2.37. The summed E-state index contributed by atoms with van der Waals surface area (Å²) in [6.45, 7) is 9.99. The Labute approximate surface area is 211 Å². The monoisotopic (exact) mass is 489 g/mol. The van der Waals surface area contributed by atoms with Crippen molar-refractivity contribution >= 4 is 28.2 Å². The molecule has 0 aliphatic carbocycles. The van der Waals surface area contributed by atoms with Gasteiger partial charge in [0.2, 0.25) is 0 Å². The standard InChI is InChI=1S/C28H35N5O3/c1-4-36-24-16-19(15-22-25(24)26-21(28(35)31-22)6-5-9-30-26)17-32-10-12-33(13-11-32)23-8-7-20(14-18(23)2)27(34)29-3/h7-8,14-16,30H,4-6,9-13,17H2,1-3H3,(H,29,34)(H,31,35). The van der Waals surface area contributed by atoms with Crippen molar-refractivity contribution in [2.45, 2.75) is 33.2 Å². The molecule has 2 aliphatic rings. The van der Waals surface area contributed by atoms with Gasteiger partial charge in [0.15, 0.2) is 0 Å². The number of fused-ring (bicyclic) bond motifs is 3. The molecule has 0 bridgehead atoms. The summed E-state index contributed by atoms with van der Waals surface area (Å²) in [7, 11) is 1.65. The number of amides is 1. The van der Waals surface area contributed by atoms with Gasteiger partial charge < -0.3 is 25.3 Å². The van der Waals surface area contributed by atoms with Crippen LogP contribution in [0.2, 0.25) is 0 Å². The molecule has 8 nitrogen and oxygen atoms in total. The molecule has 0 radical (unpaired) electrons. The summed E-state index contributed by atoms with van der Waals surface area (Å²) in [5.74, 6) is 0.770. The predicted octanol–water partition coefficient (Wildman–Crippen LogP) is 3.28. The number of H-pyrrole nitrogens is 1. The molecule has 5 rings (SSSR count). The lowest BCUT2D eigenvalue weighted by Crippen LogP contribution is -2.46. The van der Waals surface area contributed by atoms with Crippen LogP contribution in [0, 0.1) is 6.92 Å². The highest BCUT2D eigenvalue weighted by Crippen LogP contribution is 2.36. The molecule has 1 amide bonds. The van der Waals surface area contributed by atoms with E-state index in [0.717, 1.165) is 91.1 Å². The summed E-state index contributed by atoms with van der Waals surface area (Å²) in [5, 5.41) is 7.11. The van der Waals surface area contributed by atoms with E-state index in [-0.39, 0.29) is 11.5 Å². The molecule has 0 saturated carbocycles. The number of aromatic nitrogens is 1. The molecule has 1 aromatic heterocycles. The van der Waals surface area contributed by atoms with E-state index in [0.29, 0.717) is 12.2 Å². The number of pyridine rings is 1. The molecular formula is C28H35N5O3. The average molecular weight is 490 g/mol. The molecule has 1 saturated heterocycles. The van der Waals surface area contributed by atoms with Gasteiger partial charge in [-0.15, -0.1) is 0 Å². The first-order chi connectivity index (χ1) is 17.5. The van der Waals surface area contributed by atoms with Gasteiger partial charge in [0.25, 0.3) is 11.5 Å². The number of carbonyl (C=O) groups excluding carboxylic acids is 1. The minimum absolute atomic E-state index is 0.00396. The predicted molar refractivity (Wildman–Crippen MR) is 145 cm³/mol. The van der Waals surface area contributed by atoms with Crippen LogP contribution in [0.15, 0.2) is 35.1 Å². The van der Waals surface area contributed by atoms with E-state index in [1.807, 2.05) is 19.1 Å². The number of hydrogen-bond acceptors (Lipinski definition) is 6. The number of ether oxygens (including phenoxy) is 1. The van der Waals surface area contributed by atoms with Crippen molar-refractivity contribution in [2.24, 2.45) is 0 Å². The van der Waals surface area contributed by atoms with E-state index in [4.69, 9.17) is 4.74 Å². The Balaban J connectivity index is 1.33. The molecule has 0 atom stereocenters. The third-order valence-corrected chi connectivity index (χ3v) is 7.25. The summed E-state index contributed by atoms with van der Waals surface area (Å²) >= 11 is 0. The highest BCUT2D eigenvalue weighted by Gasteiger charge is 2.22. The number of hydrogen-bond donors (Lipinski definition) is 3. The molecule has 3 heterocycles. The molecular weight excluding hydrogens is 454 g/mol. The molecule has 2 aliphatic heterocycles. The normalized spacial score (nSPS) is 15.9. The molecule has 2 aromatic carbocycles. The Bertz CT molecular complexity index is 1340. The maximum absolute atomic E-state index is 12.7. The zero-order chi connectivity index (χ0) is 25.2. The maximum Gasteiger partial charge on any atom is 0.253 e. The van der Waals surface area contributed by atoms with E-state index in [1.54, 1.807) is 7.05 Å². The highest BCUT2D eigenvalue weighted by atomic mass is 16.5. The van der Waals surface area contributed by atoms with E-state index < -0.39 is 0 Å². The third kappa shape index (κ3) is 4.65. The fourth-order valence-corrected chi connectivity index (χ4v) is 5.46. The van der Waals surface area contributed by atoms with Gasteiger partial charge in [-0.05, 0) is 68.1 Å². The molecule has 8 heteroatoms. The van der Waals surface area contributed by atoms with Gasteiger partial charge in [0.1, 0.15) is 5.75 Å². The van der Waals surface area contributed by atoms with Crippen molar-refractivity contribution in [1.29, 1.82) is 0 Å². The summed E-state index contributed by atoms with van der Waals surface area (Å²) in [6.07, 6.45) is 1.76. The van der Waals surface area contributed by atoms with Gasteiger partial charge in [0.05, 0.1) is 23.2 Å². The summed E-state index contributed by atoms with van der Waals surface area (Å²) in [5.41, 5.74) is 6.71. The van der Waals surface area contributed by atoms with Gasteiger partial charge in [-0.25, -0.2) is 0 Å². The van der Waals surface area contributed by atoms with E-state index in [2.05, 4.69) is 50.5 Å². The second-order valence-electron chi connectivity index (χ2n) is 9.63. The lowest BCUT2D eigenvalue weighted by molar-refractivity contribution is 0.0963. The van der Waals surface area contributed by atoms with E-state index in [1.165, 1.54) is 5.69 Å². The maximum atomic E-state index is 12.7. The van der Waals surface area contributed by atoms with Crippen LogP contribution in [0.5, 0.6) is 5.75 Å². The number of piperazine rings is 1. The SMILES string of the molecule is CCOc1cc(CN2CCN(c3ccc(C(=O)NC)cc3C)CC2)cc2[nH]c(=O)c3c(c12)NCCC3. The van der Waals surface area contributed by atoms with Gasteiger partial charge >= 0.3 is 0 Å². The van der Waals surface area contributed by atoms with Crippen molar-refractivity contribution in [3.8, 4) is 5.75 Å². The summed E-state index contributed by atoms with van der Waals surface area (Å²) in [6, 6.07) is 10.1.